The number of likely N-dealkylation sites (N-methyl/N-ethyl adjacent to an activating group) is 1. The van der Waals surface area contributed by atoms with E-state index in [4.69, 9.17) is 0 Å². The molecule has 6 heteroatoms. The van der Waals surface area contributed by atoms with Crippen molar-refractivity contribution in [2.45, 2.75) is 27.3 Å². The maximum atomic E-state index is 14.0. The minimum absolute atomic E-state index is 0.0384. The van der Waals surface area contributed by atoms with E-state index in [1.807, 2.05) is 42.2 Å². The van der Waals surface area contributed by atoms with Crippen molar-refractivity contribution >= 4 is 17.5 Å². The number of hydrogen-bond acceptors (Lipinski definition) is 3. The largest absolute Gasteiger partial charge is 0.333 e. The van der Waals surface area contributed by atoms with Gasteiger partial charge in [-0.2, -0.15) is 0 Å². The Labute approximate surface area is 201 Å². The fourth-order valence-electron chi connectivity index (χ4n) is 3.77. The molecule has 3 rings (SSSR count). The number of aryl methyl sites for hydroxylation is 1. The summed E-state index contributed by atoms with van der Waals surface area (Å²) in [5, 5.41) is 2.76. The first-order chi connectivity index (χ1) is 16.4. The van der Waals surface area contributed by atoms with Crippen molar-refractivity contribution in [3.8, 4) is 0 Å². The summed E-state index contributed by atoms with van der Waals surface area (Å²) in [6, 6.07) is 21.0. The second kappa shape index (κ2) is 12.1. The lowest BCUT2D eigenvalue weighted by Gasteiger charge is -2.27. The summed E-state index contributed by atoms with van der Waals surface area (Å²) in [6.07, 6.45) is 0. The van der Waals surface area contributed by atoms with E-state index in [-0.39, 0.29) is 11.5 Å². The smallest absolute Gasteiger partial charge is 0.258 e. The molecule has 0 aromatic heterocycles. The van der Waals surface area contributed by atoms with Crippen LogP contribution < -0.4 is 5.32 Å². The molecule has 0 saturated heterocycles. The Hall–Kier alpha value is -3.51. The third kappa shape index (κ3) is 6.51. The van der Waals surface area contributed by atoms with Crippen molar-refractivity contribution < 1.29 is 14.0 Å². The summed E-state index contributed by atoms with van der Waals surface area (Å²) in [5.41, 5.74) is 2.77. The van der Waals surface area contributed by atoms with Crippen LogP contribution in [-0.2, 0) is 6.54 Å². The molecule has 0 aliphatic rings. The lowest BCUT2D eigenvalue weighted by Crippen LogP contribution is -2.38. The van der Waals surface area contributed by atoms with Gasteiger partial charge in [-0.1, -0.05) is 62.4 Å². The van der Waals surface area contributed by atoms with Gasteiger partial charge in [0, 0.05) is 30.9 Å². The molecule has 0 bridgehead atoms. The van der Waals surface area contributed by atoms with Crippen LogP contribution in [-0.4, -0.2) is 47.8 Å². The fraction of sp³-hybridized carbons (Fsp3) is 0.286. The van der Waals surface area contributed by atoms with Crippen LogP contribution >= 0.6 is 0 Å². The normalized spacial score (nSPS) is 10.9. The standard InChI is InChI=1S/C28H32FN3O2/c1-4-31(5-2)17-18-32(20-22-11-7-6-8-12-22)28(34)23-16-15-21(3)26(19-23)30-27(33)24-13-9-10-14-25(24)29/h6-16,19H,4-5,17-18,20H2,1-3H3,(H,30,33). The van der Waals surface area contributed by atoms with E-state index in [0.29, 0.717) is 24.3 Å². The highest BCUT2D eigenvalue weighted by Crippen LogP contribution is 2.21. The van der Waals surface area contributed by atoms with Crippen molar-refractivity contribution in [1.29, 1.82) is 0 Å². The molecule has 0 atom stereocenters. The van der Waals surface area contributed by atoms with Gasteiger partial charge in [0.05, 0.1) is 5.56 Å². The molecule has 1 N–H and O–H groups in total. The van der Waals surface area contributed by atoms with Crippen LogP contribution in [0, 0.1) is 12.7 Å². The average Bonchev–Trinajstić information content (AvgIpc) is 2.85. The van der Waals surface area contributed by atoms with E-state index in [1.165, 1.54) is 18.2 Å². The van der Waals surface area contributed by atoms with Gasteiger partial charge in [-0.25, -0.2) is 4.39 Å². The van der Waals surface area contributed by atoms with Crippen LogP contribution in [0.5, 0.6) is 0 Å². The summed E-state index contributed by atoms with van der Waals surface area (Å²) in [4.78, 5) is 30.3. The minimum Gasteiger partial charge on any atom is -0.333 e. The van der Waals surface area contributed by atoms with Crippen molar-refractivity contribution in [2.24, 2.45) is 0 Å². The SMILES string of the molecule is CCN(CC)CCN(Cc1ccccc1)C(=O)c1ccc(C)c(NC(=O)c2ccccc2F)c1. The van der Waals surface area contributed by atoms with E-state index in [9.17, 15) is 14.0 Å². The Morgan fingerprint density at radius 1 is 0.882 bits per heavy atom. The van der Waals surface area contributed by atoms with E-state index in [1.54, 1.807) is 24.3 Å². The van der Waals surface area contributed by atoms with Crippen LogP contribution in [0.15, 0.2) is 72.8 Å². The lowest BCUT2D eigenvalue weighted by atomic mass is 10.1. The van der Waals surface area contributed by atoms with Gasteiger partial charge in [-0.3, -0.25) is 9.59 Å². The maximum Gasteiger partial charge on any atom is 0.258 e. The molecule has 0 saturated carbocycles. The molecule has 5 nitrogen and oxygen atoms in total. The highest BCUT2D eigenvalue weighted by molar-refractivity contribution is 6.05. The number of nitrogens with one attached hydrogen (secondary N) is 1. The van der Waals surface area contributed by atoms with Crippen molar-refractivity contribution in [2.75, 3.05) is 31.5 Å². The topological polar surface area (TPSA) is 52.6 Å². The monoisotopic (exact) mass is 461 g/mol. The zero-order valence-corrected chi connectivity index (χ0v) is 20.1. The second-order valence-corrected chi connectivity index (χ2v) is 8.20. The number of rotatable bonds is 10. The first-order valence-electron chi connectivity index (χ1n) is 11.6. The van der Waals surface area contributed by atoms with Gasteiger partial charge < -0.3 is 15.1 Å². The highest BCUT2D eigenvalue weighted by Gasteiger charge is 2.19. The molecule has 0 radical (unpaired) electrons. The van der Waals surface area contributed by atoms with Gasteiger partial charge in [0.1, 0.15) is 5.82 Å². The molecule has 34 heavy (non-hydrogen) atoms. The summed E-state index contributed by atoms with van der Waals surface area (Å²) in [7, 11) is 0. The average molecular weight is 462 g/mol. The molecular weight excluding hydrogens is 429 g/mol. The van der Waals surface area contributed by atoms with Crippen molar-refractivity contribution in [3.05, 3.63) is 101 Å². The molecule has 0 aliphatic carbocycles. The summed E-state index contributed by atoms with van der Waals surface area (Å²) < 4.78 is 14.0. The summed E-state index contributed by atoms with van der Waals surface area (Å²) in [5.74, 6) is -1.25. The molecule has 0 fully saturated rings. The van der Waals surface area contributed by atoms with Crippen LogP contribution in [0.3, 0.4) is 0 Å². The zero-order valence-electron chi connectivity index (χ0n) is 20.1. The van der Waals surface area contributed by atoms with Crippen LogP contribution in [0.4, 0.5) is 10.1 Å². The van der Waals surface area contributed by atoms with Crippen LogP contribution in [0.25, 0.3) is 0 Å². The predicted octanol–water partition coefficient (Wildman–Crippen LogP) is 5.37. The molecular formula is C28H32FN3O2. The molecule has 0 aliphatic heterocycles. The third-order valence-corrected chi connectivity index (χ3v) is 5.94. The molecule has 3 aromatic carbocycles. The quantitative estimate of drug-likeness (QED) is 0.442. The van der Waals surface area contributed by atoms with Gasteiger partial charge >= 0.3 is 0 Å². The maximum absolute atomic E-state index is 14.0. The molecule has 0 unspecified atom stereocenters. The van der Waals surface area contributed by atoms with E-state index in [0.717, 1.165) is 30.8 Å². The fourth-order valence-corrected chi connectivity index (χ4v) is 3.77. The second-order valence-electron chi connectivity index (χ2n) is 8.20. The number of hydrogen-bond donors (Lipinski definition) is 1. The Morgan fingerprint density at radius 2 is 1.56 bits per heavy atom. The number of anilines is 1. The number of amides is 2. The number of carbonyl (C=O) groups is 2. The van der Waals surface area contributed by atoms with Crippen LogP contribution in [0.2, 0.25) is 0 Å². The predicted molar refractivity (Wildman–Crippen MR) is 135 cm³/mol. The Bertz CT molecular complexity index is 1110. The summed E-state index contributed by atoms with van der Waals surface area (Å²) >= 11 is 0. The zero-order chi connectivity index (χ0) is 24.5. The highest BCUT2D eigenvalue weighted by atomic mass is 19.1. The van der Waals surface area contributed by atoms with Gasteiger partial charge in [0.15, 0.2) is 0 Å². The first kappa shape index (κ1) is 25.1. The molecule has 2 amide bonds. The molecule has 0 spiro atoms. The van der Waals surface area contributed by atoms with Crippen molar-refractivity contribution in [1.82, 2.24) is 9.80 Å². The Morgan fingerprint density at radius 3 is 2.24 bits per heavy atom. The van der Waals surface area contributed by atoms with E-state index < -0.39 is 11.7 Å². The third-order valence-electron chi connectivity index (χ3n) is 5.94. The molecule has 178 valence electrons. The minimum atomic E-state index is -0.588. The molecule has 3 aromatic rings. The van der Waals surface area contributed by atoms with Crippen molar-refractivity contribution in [3.63, 3.8) is 0 Å². The number of carbonyl (C=O) groups excluding carboxylic acids is 2. The number of halogens is 1. The number of benzene rings is 3. The van der Waals surface area contributed by atoms with Gasteiger partial charge in [-0.05, 0) is 55.4 Å². The van der Waals surface area contributed by atoms with Gasteiger partial charge in [0.25, 0.3) is 11.8 Å². The van der Waals surface area contributed by atoms with E-state index in [2.05, 4.69) is 24.1 Å². The van der Waals surface area contributed by atoms with Gasteiger partial charge in [-0.15, -0.1) is 0 Å². The van der Waals surface area contributed by atoms with E-state index >= 15 is 0 Å². The Balaban J connectivity index is 1.83. The molecule has 0 heterocycles. The first-order valence-corrected chi connectivity index (χ1v) is 11.6. The number of nitrogens with zero attached hydrogens (tertiary/aromatic N) is 2. The van der Waals surface area contributed by atoms with Crippen LogP contribution in [0.1, 0.15) is 45.7 Å². The van der Waals surface area contributed by atoms with Gasteiger partial charge in [0.2, 0.25) is 0 Å². The summed E-state index contributed by atoms with van der Waals surface area (Å²) in [6.45, 7) is 9.74. The lowest BCUT2D eigenvalue weighted by molar-refractivity contribution is 0.0723. The Kier molecular flexibility index (Phi) is 8.93.